The second-order valence-electron chi connectivity index (χ2n) is 13.6. The Balaban J connectivity index is 1.23. The number of pyridine rings is 1. The SMILES string of the molecule is C=CC1CC1(NC(=O)C1CC(C)(Oc2cc(-c3nc(C(C)C)cs3)nc3c(C)c(OC)ccc23)CN1)C(=O)NS(=O)(=O)C1(C)CC1. The van der Waals surface area contributed by atoms with Crippen molar-refractivity contribution in [1.29, 1.82) is 0 Å². The molecule has 6 rings (SSSR count). The van der Waals surface area contributed by atoms with Crippen LogP contribution in [0.4, 0.5) is 0 Å². The monoisotopic (exact) mass is 667 g/mol. The van der Waals surface area contributed by atoms with E-state index in [1.54, 1.807) is 20.1 Å². The highest BCUT2D eigenvalue weighted by Crippen LogP contribution is 2.47. The number of rotatable bonds is 11. The number of carbonyl (C=O) groups is 2. The number of fused-ring (bicyclic) bond motifs is 1. The van der Waals surface area contributed by atoms with Crippen molar-refractivity contribution in [3.05, 3.63) is 47.5 Å². The molecule has 2 saturated carbocycles. The lowest BCUT2D eigenvalue weighted by atomic mass is 10.0. The summed E-state index contributed by atoms with van der Waals surface area (Å²) in [5.74, 6) is 0.119. The van der Waals surface area contributed by atoms with Gasteiger partial charge in [0, 0.05) is 41.3 Å². The van der Waals surface area contributed by atoms with E-state index in [1.165, 1.54) is 11.3 Å². The number of nitrogens with zero attached hydrogens (tertiary/aromatic N) is 2. The first-order valence-corrected chi connectivity index (χ1v) is 17.9. The van der Waals surface area contributed by atoms with E-state index < -0.39 is 43.8 Å². The van der Waals surface area contributed by atoms with Crippen LogP contribution in [0.3, 0.4) is 0 Å². The van der Waals surface area contributed by atoms with Crippen molar-refractivity contribution >= 4 is 44.1 Å². The van der Waals surface area contributed by atoms with E-state index in [-0.39, 0.29) is 18.3 Å². The standard InChI is InChI=1S/C33H41N5O6S2/c1-8-20-14-33(20,30(40)38-46(41,42)32(6)11-12-32)37-28(39)23-15-31(5,17-34-23)44-26-13-22(29-36-24(16-45-29)18(2)3)35-27-19(4)25(43-7)10-9-21(26)27/h8-10,13,16,18,20,23,34H,1,11-12,14-15,17H2,2-7H3,(H,37,39)(H,38,40). The molecule has 46 heavy (non-hydrogen) atoms. The van der Waals surface area contributed by atoms with Crippen LogP contribution in [0.25, 0.3) is 21.6 Å². The third kappa shape index (κ3) is 5.66. The number of ether oxygens (including phenoxy) is 2. The van der Waals surface area contributed by atoms with Gasteiger partial charge >= 0.3 is 0 Å². The minimum Gasteiger partial charge on any atom is -0.496 e. The number of aryl methyl sites for hydroxylation is 1. The molecule has 4 atom stereocenters. The van der Waals surface area contributed by atoms with Crippen LogP contribution in [0, 0.1) is 12.8 Å². The van der Waals surface area contributed by atoms with Gasteiger partial charge in [-0.15, -0.1) is 17.9 Å². The molecule has 1 aromatic carbocycles. The van der Waals surface area contributed by atoms with E-state index in [9.17, 15) is 18.0 Å². The normalized spacial score (nSPS) is 26.5. The molecule has 3 aliphatic rings. The van der Waals surface area contributed by atoms with Gasteiger partial charge in [-0.3, -0.25) is 14.3 Å². The minimum atomic E-state index is -3.86. The van der Waals surface area contributed by atoms with E-state index in [0.29, 0.717) is 43.0 Å². The van der Waals surface area contributed by atoms with Crippen molar-refractivity contribution in [3.63, 3.8) is 0 Å². The van der Waals surface area contributed by atoms with Crippen LogP contribution in [0.2, 0.25) is 0 Å². The number of hydrogen-bond donors (Lipinski definition) is 3. The Labute approximate surface area is 273 Å². The van der Waals surface area contributed by atoms with E-state index >= 15 is 0 Å². The summed E-state index contributed by atoms with van der Waals surface area (Å²) in [6.45, 7) is 13.9. The first-order valence-electron chi connectivity index (χ1n) is 15.5. The lowest BCUT2D eigenvalue weighted by molar-refractivity contribution is -0.130. The van der Waals surface area contributed by atoms with Gasteiger partial charge in [0.25, 0.3) is 5.91 Å². The molecule has 2 aliphatic carbocycles. The Kier molecular flexibility index (Phi) is 7.96. The van der Waals surface area contributed by atoms with Gasteiger partial charge in [0.2, 0.25) is 15.9 Å². The maximum atomic E-state index is 13.6. The van der Waals surface area contributed by atoms with Crippen molar-refractivity contribution in [2.45, 2.75) is 88.1 Å². The summed E-state index contributed by atoms with van der Waals surface area (Å²) >= 11 is 1.53. The van der Waals surface area contributed by atoms with Crippen molar-refractivity contribution < 1.29 is 27.5 Å². The van der Waals surface area contributed by atoms with Gasteiger partial charge in [-0.05, 0) is 58.1 Å². The van der Waals surface area contributed by atoms with E-state index in [4.69, 9.17) is 19.4 Å². The number of aromatic nitrogens is 2. The van der Waals surface area contributed by atoms with Gasteiger partial charge in [-0.25, -0.2) is 18.4 Å². The molecule has 2 aromatic heterocycles. The van der Waals surface area contributed by atoms with Crippen LogP contribution in [-0.4, -0.2) is 65.8 Å². The first kappa shape index (κ1) is 32.4. The third-order valence-corrected chi connectivity index (χ3v) is 12.7. The molecule has 2 amide bonds. The van der Waals surface area contributed by atoms with Crippen LogP contribution in [0.1, 0.15) is 70.6 Å². The summed E-state index contributed by atoms with van der Waals surface area (Å²) in [4.78, 5) is 36.6. The number of amides is 2. The van der Waals surface area contributed by atoms with Crippen LogP contribution in [0.15, 0.2) is 36.2 Å². The molecule has 3 fully saturated rings. The quantitative estimate of drug-likeness (QED) is 0.254. The average molecular weight is 668 g/mol. The Bertz CT molecular complexity index is 1850. The molecular weight excluding hydrogens is 627 g/mol. The van der Waals surface area contributed by atoms with Crippen LogP contribution >= 0.6 is 11.3 Å². The molecule has 1 saturated heterocycles. The third-order valence-electron chi connectivity index (χ3n) is 9.61. The molecule has 3 N–H and O–H groups in total. The van der Waals surface area contributed by atoms with Crippen molar-refractivity contribution in [2.24, 2.45) is 5.92 Å². The van der Waals surface area contributed by atoms with Gasteiger partial charge in [0.15, 0.2) is 0 Å². The first-order chi connectivity index (χ1) is 21.6. The maximum absolute atomic E-state index is 13.6. The molecule has 1 aliphatic heterocycles. The van der Waals surface area contributed by atoms with Gasteiger partial charge in [0.1, 0.15) is 33.3 Å². The fourth-order valence-electron chi connectivity index (χ4n) is 6.03. The Hall–Kier alpha value is -3.55. The number of nitrogens with one attached hydrogen (secondary N) is 3. The highest BCUT2D eigenvalue weighted by Gasteiger charge is 2.62. The molecule has 0 spiro atoms. The lowest BCUT2D eigenvalue weighted by Crippen LogP contribution is -2.56. The minimum absolute atomic E-state index is 0.281. The summed E-state index contributed by atoms with van der Waals surface area (Å²) < 4.78 is 39.1. The lowest BCUT2D eigenvalue weighted by Gasteiger charge is -2.27. The van der Waals surface area contributed by atoms with Crippen LogP contribution < -0.4 is 24.8 Å². The molecular formula is C33H41N5O6S2. The van der Waals surface area contributed by atoms with Crippen molar-refractivity contribution in [2.75, 3.05) is 13.7 Å². The summed E-state index contributed by atoms with van der Waals surface area (Å²) in [5, 5.41) is 9.75. The second-order valence-corrected chi connectivity index (χ2v) is 16.7. The van der Waals surface area contributed by atoms with Gasteiger partial charge in [-0.1, -0.05) is 19.9 Å². The fraction of sp³-hybridized carbons (Fsp3) is 0.515. The molecule has 4 unspecified atom stereocenters. The molecule has 13 heteroatoms. The number of benzene rings is 1. The number of thiazole rings is 1. The highest BCUT2D eigenvalue weighted by atomic mass is 32.2. The number of hydrogen-bond acceptors (Lipinski definition) is 10. The largest absolute Gasteiger partial charge is 0.496 e. The molecule has 3 heterocycles. The Morgan fingerprint density at radius 2 is 1.91 bits per heavy atom. The molecule has 0 radical (unpaired) electrons. The maximum Gasteiger partial charge on any atom is 0.259 e. The number of sulfonamides is 1. The second kappa shape index (κ2) is 11.3. The van der Waals surface area contributed by atoms with Gasteiger partial charge < -0.3 is 20.1 Å². The molecule has 3 aromatic rings. The topological polar surface area (TPSA) is 149 Å². The van der Waals surface area contributed by atoms with Gasteiger partial charge in [-0.2, -0.15) is 0 Å². The fourth-order valence-corrected chi connectivity index (χ4v) is 8.28. The predicted octanol–water partition coefficient (Wildman–Crippen LogP) is 4.36. The van der Waals surface area contributed by atoms with Crippen LogP contribution in [-0.2, 0) is 19.6 Å². The summed E-state index contributed by atoms with van der Waals surface area (Å²) in [6.07, 6.45) is 3.17. The zero-order valence-electron chi connectivity index (χ0n) is 27.0. The zero-order chi connectivity index (χ0) is 33.2. The van der Waals surface area contributed by atoms with E-state index in [2.05, 4.69) is 35.8 Å². The van der Waals surface area contributed by atoms with E-state index in [0.717, 1.165) is 27.2 Å². The van der Waals surface area contributed by atoms with Gasteiger partial charge in [0.05, 0.1) is 29.1 Å². The van der Waals surface area contributed by atoms with Crippen molar-refractivity contribution in [1.82, 2.24) is 25.3 Å². The average Bonchev–Trinajstić information content (AvgIpc) is 3.80. The highest BCUT2D eigenvalue weighted by molar-refractivity contribution is 7.91. The summed E-state index contributed by atoms with van der Waals surface area (Å²) in [7, 11) is -2.23. The molecule has 0 bridgehead atoms. The number of carbonyl (C=O) groups excluding carboxylic acids is 2. The summed E-state index contributed by atoms with van der Waals surface area (Å²) in [6, 6.07) is 5.04. The molecule has 11 nitrogen and oxygen atoms in total. The zero-order valence-corrected chi connectivity index (χ0v) is 28.7. The van der Waals surface area contributed by atoms with Crippen molar-refractivity contribution in [3.8, 4) is 22.2 Å². The Morgan fingerprint density at radius 1 is 1.17 bits per heavy atom. The summed E-state index contributed by atoms with van der Waals surface area (Å²) in [5.41, 5.74) is 1.16. The molecule has 246 valence electrons. The predicted molar refractivity (Wildman–Crippen MR) is 178 cm³/mol. The van der Waals surface area contributed by atoms with E-state index in [1.807, 2.05) is 37.4 Å². The number of methoxy groups -OCH3 is 1. The smallest absolute Gasteiger partial charge is 0.259 e. The Morgan fingerprint density at radius 3 is 2.52 bits per heavy atom. The van der Waals surface area contributed by atoms with Crippen LogP contribution in [0.5, 0.6) is 11.5 Å².